The number of benzene rings is 2. The second kappa shape index (κ2) is 8.28. The molecule has 0 saturated carbocycles. The number of halogens is 1. The first-order chi connectivity index (χ1) is 14.5. The number of nitrogens with zero attached hydrogens (tertiary/aromatic N) is 1. The van der Waals surface area contributed by atoms with E-state index in [0.29, 0.717) is 10.6 Å². The van der Waals surface area contributed by atoms with Crippen LogP contribution in [0.3, 0.4) is 0 Å². The number of amides is 2. The van der Waals surface area contributed by atoms with Crippen LogP contribution >= 0.6 is 11.6 Å². The average Bonchev–Trinajstić information content (AvgIpc) is 2.73. The third-order valence-electron chi connectivity index (χ3n) is 5.41. The smallest absolute Gasteiger partial charge is 0.252 e. The number of allylic oxidation sites excluding steroid dienone is 1. The first-order valence-corrected chi connectivity index (χ1v) is 10.3. The molecule has 6 heteroatoms. The molecule has 1 aliphatic carbocycles. The molecule has 1 heterocycles. The maximum absolute atomic E-state index is 13.2. The summed E-state index contributed by atoms with van der Waals surface area (Å²) in [5.41, 5.74) is 10.3. The molecule has 2 aromatic carbocycles. The fourth-order valence-electron chi connectivity index (χ4n) is 3.85. The van der Waals surface area contributed by atoms with Crippen LogP contribution in [0.2, 0.25) is 5.02 Å². The van der Waals surface area contributed by atoms with Crippen molar-refractivity contribution in [2.45, 2.75) is 32.2 Å². The minimum Gasteiger partial charge on any atom is -0.368 e. The highest BCUT2D eigenvalue weighted by Gasteiger charge is 2.26. The summed E-state index contributed by atoms with van der Waals surface area (Å²) in [5, 5.41) is 4.17. The zero-order valence-corrected chi connectivity index (χ0v) is 17.4. The van der Waals surface area contributed by atoms with Gasteiger partial charge in [-0.05, 0) is 61.1 Å². The van der Waals surface area contributed by atoms with Crippen LogP contribution in [0.4, 0.5) is 0 Å². The minimum absolute atomic E-state index is 0.310. The number of nitrogens with two attached hydrogens (primary N) is 1. The van der Waals surface area contributed by atoms with Gasteiger partial charge in [-0.15, -0.1) is 0 Å². The van der Waals surface area contributed by atoms with Crippen molar-refractivity contribution in [2.24, 2.45) is 5.73 Å². The van der Waals surface area contributed by atoms with E-state index in [1.54, 1.807) is 6.92 Å². The third kappa shape index (κ3) is 3.81. The first kappa shape index (κ1) is 20.1. The van der Waals surface area contributed by atoms with E-state index in [0.717, 1.165) is 52.6 Å². The Bertz CT molecular complexity index is 1190. The molecule has 0 fully saturated rings. The number of carbonyl (C=O) groups excluding carboxylic acids is 2. The van der Waals surface area contributed by atoms with E-state index in [2.05, 4.69) is 11.4 Å². The van der Waals surface area contributed by atoms with Crippen LogP contribution in [0.5, 0.6) is 0 Å². The highest BCUT2D eigenvalue weighted by Crippen LogP contribution is 2.36. The Kier molecular flexibility index (Phi) is 5.55. The molecule has 0 spiro atoms. The molecule has 5 nitrogen and oxygen atoms in total. The number of primary amides is 1. The molecular formula is C24H22ClN3O2. The van der Waals surface area contributed by atoms with Gasteiger partial charge in [-0.2, -0.15) is 0 Å². The van der Waals surface area contributed by atoms with Crippen molar-refractivity contribution in [2.75, 3.05) is 0 Å². The Morgan fingerprint density at radius 3 is 2.63 bits per heavy atom. The molecular weight excluding hydrogens is 398 g/mol. The molecule has 3 aromatic rings. The molecule has 1 unspecified atom stereocenters. The second-order valence-electron chi connectivity index (χ2n) is 7.47. The van der Waals surface area contributed by atoms with E-state index in [9.17, 15) is 9.59 Å². The quantitative estimate of drug-likeness (QED) is 0.658. The van der Waals surface area contributed by atoms with E-state index < -0.39 is 11.9 Å². The van der Waals surface area contributed by atoms with Crippen molar-refractivity contribution in [1.82, 2.24) is 10.3 Å². The molecule has 0 radical (unpaired) electrons. The van der Waals surface area contributed by atoms with Gasteiger partial charge < -0.3 is 11.1 Å². The summed E-state index contributed by atoms with van der Waals surface area (Å²) < 4.78 is 0. The fraction of sp³-hybridized carbons (Fsp3) is 0.208. The van der Waals surface area contributed by atoms with Crippen LogP contribution in [0.25, 0.3) is 22.6 Å². The summed E-state index contributed by atoms with van der Waals surface area (Å²) in [6.45, 7) is 1.58. The zero-order chi connectivity index (χ0) is 21.3. The van der Waals surface area contributed by atoms with Crippen molar-refractivity contribution in [3.8, 4) is 0 Å². The second-order valence-corrected chi connectivity index (χ2v) is 7.88. The van der Waals surface area contributed by atoms with Gasteiger partial charge in [0.15, 0.2) is 0 Å². The molecule has 2 amide bonds. The number of rotatable bonds is 4. The lowest BCUT2D eigenvalue weighted by Crippen LogP contribution is -2.42. The van der Waals surface area contributed by atoms with Gasteiger partial charge in [-0.25, -0.2) is 4.98 Å². The number of hydrogen-bond acceptors (Lipinski definition) is 3. The van der Waals surface area contributed by atoms with Gasteiger partial charge in [0.1, 0.15) is 6.04 Å². The Morgan fingerprint density at radius 2 is 1.87 bits per heavy atom. The molecule has 3 N–H and O–H groups in total. The molecule has 0 aliphatic heterocycles. The Morgan fingerprint density at radius 1 is 1.13 bits per heavy atom. The van der Waals surface area contributed by atoms with Gasteiger partial charge in [0.2, 0.25) is 5.91 Å². The zero-order valence-electron chi connectivity index (χ0n) is 16.6. The maximum atomic E-state index is 13.2. The summed E-state index contributed by atoms with van der Waals surface area (Å²) in [5.74, 6) is -0.884. The molecule has 30 heavy (non-hydrogen) atoms. The largest absolute Gasteiger partial charge is 0.368 e. The van der Waals surface area contributed by atoms with Gasteiger partial charge >= 0.3 is 0 Å². The standard InChI is InChI=1S/C24H22ClN3O2/c1-14(23(26)29)27-24(30)21-17-9-3-5-12-20(17)28-22-16(8-6-10-18(21)22)13-15-7-2-4-11-19(15)25/h2-5,7,9,11-14H,6,8,10H2,1H3,(H2,26,29)(H,27,30)/b16-13+. The van der Waals surface area contributed by atoms with Crippen LogP contribution in [0.1, 0.15) is 46.9 Å². The predicted octanol–water partition coefficient (Wildman–Crippen LogP) is 4.37. The number of pyridine rings is 1. The SMILES string of the molecule is CC(NC(=O)c1c2c(nc3ccccc13)/C(=C/c1ccccc1Cl)CCC2)C(N)=O. The van der Waals surface area contributed by atoms with E-state index in [4.69, 9.17) is 22.3 Å². The van der Waals surface area contributed by atoms with E-state index in [1.165, 1.54) is 0 Å². The van der Waals surface area contributed by atoms with E-state index in [-0.39, 0.29) is 5.91 Å². The van der Waals surface area contributed by atoms with Gasteiger partial charge in [-0.3, -0.25) is 9.59 Å². The normalized spacial score (nSPS) is 15.6. The Labute approximate surface area is 179 Å². The van der Waals surface area contributed by atoms with Crippen LogP contribution in [0, 0.1) is 0 Å². The molecule has 1 atom stereocenters. The fourth-order valence-corrected chi connectivity index (χ4v) is 4.04. The molecule has 1 aromatic heterocycles. The number of nitrogens with one attached hydrogen (secondary N) is 1. The first-order valence-electron chi connectivity index (χ1n) is 9.93. The number of aromatic nitrogens is 1. The van der Waals surface area contributed by atoms with Gasteiger partial charge in [0.25, 0.3) is 5.91 Å². The Balaban J connectivity index is 1.90. The molecule has 4 rings (SSSR count). The van der Waals surface area contributed by atoms with Crippen LogP contribution in [-0.4, -0.2) is 22.8 Å². The van der Waals surface area contributed by atoms with Crippen LogP contribution in [0.15, 0.2) is 48.5 Å². The highest BCUT2D eigenvalue weighted by molar-refractivity contribution is 6.32. The molecule has 0 saturated heterocycles. The van der Waals surface area contributed by atoms with E-state index in [1.807, 2.05) is 48.5 Å². The summed E-state index contributed by atoms with van der Waals surface area (Å²) in [6, 6.07) is 14.5. The van der Waals surface area contributed by atoms with Crippen molar-refractivity contribution in [3.05, 3.63) is 75.9 Å². The monoisotopic (exact) mass is 419 g/mol. The lowest BCUT2D eigenvalue weighted by Gasteiger charge is -2.23. The molecule has 1 aliphatic rings. The number of para-hydroxylation sites is 1. The van der Waals surface area contributed by atoms with Gasteiger partial charge in [0.05, 0.1) is 16.8 Å². The third-order valence-corrected chi connectivity index (χ3v) is 5.75. The molecule has 0 bridgehead atoms. The Hall–Kier alpha value is -3.18. The number of fused-ring (bicyclic) bond motifs is 2. The van der Waals surface area contributed by atoms with Crippen molar-refractivity contribution < 1.29 is 9.59 Å². The van der Waals surface area contributed by atoms with Gasteiger partial charge in [0, 0.05) is 10.4 Å². The summed E-state index contributed by atoms with van der Waals surface area (Å²) in [6.07, 6.45) is 4.54. The lowest BCUT2D eigenvalue weighted by molar-refractivity contribution is -0.119. The lowest BCUT2D eigenvalue weighted by atomic mass is 9.85. The van der Waals surface area contributed by atoms with Crippen molar-refractivity contribution in [1.29, 1.82) is 0 Å². The highest BCUT2D eigenvalue weighted by atomic mass is 35.5. The maximum Gasteiger partial charge on any atom is 0.252 e. The van der Waals surface area contributed by atoms with Gasteiger partial charge in [-0.1, -0.05) is 48.0 Å². The number of carbonyl (C=O) groups is 2. The summed E-state index contributed by atoms with van der Waals surface area (Å²) in [7, 11) is 0. The van der Waals surface area contributed by atoms with Crippen molar-refractivity contribution >= 4 is 46.0 Å². The van der Waals surface area contributed by atoms with E-state index >= 15 is 0 Å². The molecule has 152 valence electrons. The van der Waals surface area contributed by atoms with Crippen LogP contribution < -0.4 is 11.1 Å². The topological polar surface area (TPSA) is 85.1 Å². The predicted molar refractivity (Wildman–Crippen MR) is 120 cm³/mol. The average molecular weight is 420 g/mol. The number of hydrogen-bond donors (Lipinski definition) is 2. The summed E-state index contributed by atoms with van der Waals surface area (Å²) in [4.78, 5) is 29.6. The van der Waals surface area contributed by atoms with Crippen molar-refractivity contribution in [3.63, 3.8) is 0 Å². The van der Waals surface area contributed by atoms with Crippen LogP contribution in [-0.2, 0) is 11.2 Å². The summed E-state index contributed by atoms with van der Waals surface area (Å²) >= 11 is 6.36. The minimum atomic E-state index is -0.762.